The predicted octanol–water partition coefficient (Wildman–Crippen LogP) is 2.42. The highest BCUT2D eigenvalue weighted by Gasteiger charge is 2.06. The number of carbonyl (C=O) groups is 1. The van der Waals surface area contributed by atoms with Gasteiger partial charge in [-0.05, 0) is 19.4 Å². The van der Waals surface area contributed by atoms with Gasteiger partial charge in [0.2, 0.25) is 5.91 Å². The lowest BCUT2D eigenvalue weighted by Gasteiger charge is -2.15. The molecule has 1 amide bonds. The zero-order valence-electron chi connectivity index (χ0n) is 11.8. The molecule has 0 heterocycles. The fraction of sp³-hybridized carbons (Fsp3) is 0.533. The van der Waals surface area contributed by atoms with Crippen LogP contribution in [0.4, 0.5) is 0 Å². The molecule has 0 saturated heterocycles. The number of hydrogen-bond acceptors (Lipinski definition) is 2. The van der Waals surface area contributed by atoms with E-state index >= 15 is 0 Å². The van der Waals surface area contributed by atoms with Crippen molar-refractivity contribution in [1.29, 1.82) is 0 Å². The monoisotopic (exact) mass is 248 g/mol. The van der Waals surface area contributed by atoms with E-state index in [0.29, 0.717) is 12.6 Å². The first-order valence-corrected chi connectivity index (χ1v) is 6.58. The summed E-state index contributed by atoms with van der Waals surface area (Å²) in [6.07, 6.45) is 0. The van der Waals surface area contributed by atoms with E-state index < -0.39 is 0 Å². The third-order valence-corrected chi connectivity index (χ3v) is 2.98. The van der Waals surface area contributed by atoms with E-state index in [4.69, 9.17) is 0 Å². The fourth-order valence-corrected chi connectivity index (χ4v) is 1.65. The van der Waals surface area contributed by atoms with Gasteiger partial charge in [-0.3, -0.25) is 4.79 Å². The van der Waals surface area contributed by atoms with Crippen molar-refractivity contribution < 1.29 is 4.79 Å². The molecular weight excluding hydrogens is 224 g/mol. The molecule has 0 spiro atoms. The lowest BCUT2D eigenvalue weighted by atomic mass is 10.1. The molecule has 3 nitrogen and oxygen atoms in total. The summed E-state index contributed by atoms with van der Waals surface area (Å²) in [4.78, 5) is 11.4. The molecule has 1 atom stereocenters. The van der Waals surface area contributed by atoms with Crippen molar-refractivity contribution >= 4 is 5.91 Å². The zero-order chi connectivity index (χ0) is 13.5. The number of carbonyl (C=O) groups excluding carboxylic acids is 1. The maximum atomic E-state index is 11.4. The topological polar surface area (TPSA) is 41.1 Å². The Morgan fingerprint density at radius 1 is 1.11 bits per heavy atom. The Bertz CT molecular complexity index is 371. The number of hydrogen-bond donors (Lipinski definition) is 2. The van der Waals surface area contributed by atoms with E-state index in [1.54, 1.807) is 0 Å². The van der Waals surface area contributed by atoms with Gasteiger partial charge in [0.25, 0.3) is 0 Å². The average molecular weight is 248 g/mol. The summed E-state index contributed by atoms with van der Waals surface area (Å²) in [7, 11) is 0. The van der Waals surface area contributed by atoms with Crippen LogP contribution in [0.2, 0.25) is 0 Å². The van der Waals surface area contributed by atoms with Crippen LogP contribution in [0.25, 0.3) is 0 Å². The summed E-state index contributed by atoms with van der Waals surface area (Å²) in [5, 5.41) is 6.29. The van der Waals surface area contributed by atoms with Gasteiger partial charge in [-0.15, -0.1) is 0 Å². The summed E-state index contributed by atoms with van der Waals surface area (Å²) in [5.74, 6) is 0.166. The van der Waals surface area contributed by atoms with Gasteiger partial charge in [-0.25, -0.2) is 0 Å². The van der Waals surface area contributed by atoms with Crippen LogP contribution in [0.1, 0.15) is 37.9 Å². The highest BCUT2D eigenvalue weighted by Crippen LogP contribution is 2.12. The molecule has 2 N–H and O–H groups in total. The van der Waals surface area contributed by atoms with Gasteiger partial charge in [0, 0.05) is 25.0 Å². The molecule has 0 aliphatic heterocycles. The largest absolute Gasteiger partial charge is 0.355 e. The van der Waals surface area contributed by atoms with E-state index in [2.05, 4.69) is 48.7 Å². The second kappa shape index (κ2) is 7.17. The van der Waals surface area contributed by atoms with E-state index in [0.717, 1.165) is 6.54 Å². The van der Waals surface area contributed by atoms with E-state index in [1.807, 2.05) is 13.8 Å². The van der Waals surface area contributed by atoms with Gasteiger partial charge in [0.15, 0.2) is 0 Å². The first-order chi connectivity index (χ1) is 8.50. The van der Waals surface area contributed by atoms with Crippen LogP contribution >= 0.6 is 0 Å². The van der Waals surface area contributed by atoms with Crippen LogP contribution in [0.15, 0.2) is 24.3 Å². The van der Waals surface area contributed by atoms with Crippen LogP contribution < -0.4 is 10.6 Å². The summed E-state index contributed by atoms with van der Waals surface area (Å²) in [5.41, 5.74) is 2.55. The molecule has 0 aliphatic carbocycles. The highest BCUT2D eigenvalue weighted by molar-refractivity contribution is 5.77. The number of benzene rings is 1. The van der Waals surface area contributed by atoms with Crippen molar-refractivity contribution in [3.05, 3.63) is 35.4 Å². The maximum Gasteiger partial charge on any atom is 0.222 e. The zero-order valence-corrected chi connectivity index (χ0v) is 11.8. The molecule has 0 aliphatic rings. The SMILES string of the molecule is Cc1ccc(C(C)NCCNC(=O)C(C)C)cc1. The van der Waals surface area contributed by atoms with Crippen molar-refractivity contribution in [3.63, 3.8) is 0 Å². The van der Waals surface area contributed by atoms with E-state index in [-0.39, 0.29) is 11.8 Å². The average Bonchev–Trinajstić information content (AvgIpc) is 2.34. The smallest absolute Gasteiger partial charge is 0.222 e. The molecule has 0 aromatic heterocycles. The Kier molecular flexibility index (Phi) is 5.86. The van der Waals surface area contributed by atoms with E-state index in [9.17, 15) is 4.79 Å². The van der Waals surface area contributed by atoms with Crippen molar-refractivity contribution in [3.8, 4) is 0 Å². The third-order valence-electron chi connectivity index (χ3n) is 2.98. The highest BCUT2D eigenvalue weighted by atomic mass is 16.1. The molecule has 0 radical (unpaired) electrons. The van der Waals surface area contributed by atoms with Crippen LogP contribution in [0.5, 0.6) is 0 Å². The van der Waals surface area contributed by atoms with Crippen LogP contribution in [-0.2, 0) is 4.79 Å². The molecule has 1 unspecified atom stereocenters. The Morgan fingerprint density at radius 2 is 1.72 bits per heavy atom. The summed E-state index contributed by atoms with van der Waals surface area (Å²) in [6, 6.07) is 8.82. The third kappa shape index (κ3) is 4.88. The summed E-state index contributed by atoms with van der Waals surface area (Å²) < 4.78 is 0. The van der Waals surface area contributed by atoms with Gasteiger partial charge < -0.3 is 10.6 Å². The van der Waals surface area contributed by atoms with Crippen molar-refractivity contribution in [1.82, 2.24) is 10.6 Å². The molecule has 18 heavy (non-hydrogen) atoms. The first kappa shape index (κ1) is 14.7. The summed E-state index contributed by atoms with van der Waals surface area (Å²) >= 11 is 0. The van der Waals surface area contributed by atoms with Gasteiger partial charge in [-0.1, -0.05) is 43.7 Å². The molecular formula is C15H24N2O. The van der Waals surface area contributed by atoms with Crippen LogP contribution in [-0.4, -0.2) is 19.0 Å². The Morgan fingerprint density at radius 3 is 2.28 bits per heavy atom. The van der Waals surface area contributed by atoms with E-state index in [1.165, 1.54) is 11.1 Å². The van der Waals surface area contributed by atoms with Gasteiger partial charge >= 0.3 is 0 Å². The normalized spacial score (nSPS) is 12.5. The lowest BCUT2D eigenvalue weighted by Crippen LogP contribution is -2.35. The molecule has 100 valence electrons. The molecule has 0 bridgehead atoms. The lowest BCUT2D eigenvalue weighted by molar-refractivity contribution is -0.123. The predicted molar refractivity (Wildman–Crippen MR) is 75.4 cm³/mol. The number of aryl methyl sites for hydroxylation is 1. The molecule has 0 saturated carbocycles. The second-order valence-corrected chi connectivity index (χ2v) is 5.03. The number of nitrogens with one attached hydrogen (secondary N) is 2. The van der Waals surface area contributed by atoms with Gasteiger partial charge in [0.1, 0.15) is 0 Å². The second-order valence-electron chi connectivity index (χ2n) is 5.03. The minimum Gasteiger partial charge on any atom is -0.355 e. The first-order valence-electron chi connectivity index (χ1n) is 6.58. The fourth-order valence-electron chi connectivity index (χ4n) is 1.65. The van der Waals surface area contributed by atoms with Crippen LogP contribution in [0.3, 0.4) is 0 Å². The van der Waals surface area contributed by atoms with Crippen molar-refractivity contribution in [2.24, 2.45) is 5.92 Å². The molecule has 0 fully saturated rings. The molecule has 1 aromatic carbocycles. The number of amides is 1. The quantitative estimate of drug-likeness (QED) is 0.759. The Balaban J connectivity index is 2.27. The Labute approximate surface area is 110 Å². The van der Waals surface area contributed by atoms with Crippen LogP contribution in [0, 0.1) is 12.8 Å². The Hall–Kier alpha value is -1.35. The molecule has 1 rings (SSSR count). The summed E-state index contributed by atoms with van der Waals surface area (Å²) in [6.45, 7) is 9.48. The van der Waals surface area contributed by atoms with Gasteiger partial charge in [0.05, 0.1) is 0 Å². The molecule has 3 heteroatoms. The van der Waals surface area contributed by atoms with Crippen molar-refractivity contribution in [2.75, 3.05) is 13.1 Å². The number of rotatable bonds is 6. The minimum atomic E-state index is 0.0551. The maximum absolute atomic E-state index is 11.4. The van der Waals surface area contributed by atoms with Crippen molar-refractivity contribution in [2.45, 2.75) is 33.7 Å². The molecule has 1 aromatic rings. The van der Waals surface area contributed by atoms with Gasteiger partial charge in [-0.2, -0.15) is 0 Å². The minimum absolute atomic E-state index is 0.0551. The standard InChI is InChI=1S/C15H24N2O/c1-11(2)15(18)17-10-9-16-13(4)14-7-5-12(3)6-8-14/h5-8,11,13,16H,9-10H2,1-4H3,(H,17,18).